The third-order valence-corrected chi connectivity index (χ3v) is 3.84. The van der Waals surface area contributed by atoms with Gasteiger partial charge in [0.05, 0.1) is 6.61 Å². The second-order valence-electron chi connectivity index (χ2n) is 3.90. The van der Waals surface area contributed by atoms with Crippen LogP contribution in [-0.2, 0) is 13.0 Å². The second-order valence-corrected chi connectivity index (χ2v) is 4.89. The normalized spacial score (nSPS) is 13.6. The number of thiophene rings is 1. The number of para-hydroxylation sites is 1. The summed E-state index contributed by atoms with van der Waals surface area (Å²) in [6, 6.07) is 8.51. The summed E-state index contributed by atoms with van der Waals surface area (Å²) in [7, 11) is 0. The van der Waals surface area contributed by atoms with Gasteiger partial charge in [-0.25, -0.2) is 0 Å². The average molecular weight is 231 g/mol. The average Bonchev–Trinajstić information content (AvgIpc) is 2.97. The van der Waals surface area contributed by atoms with E-state index in [1.54, 1.807) is 11.3 Å². The molecule has 0 atom stereocenters. The minimum Gasteiger partial charge on any atom is -0.492 e. The minimum absolute atomic E-state index is 0.612. The number of nitrogens with two attached hydrogens (primary N) is 1. The van der Waals surface area contributed by atoms with Crippen molar-refractivity contribution < 1.29 is 4.74 Å². The molecule has 0 saturated heterocycles. The zero-order chi connectivity index (χ0) is 11.0. The van der Waals surface area contributed by atoms with Gasteiger partial charge in [0.15, 0.2) is 0 Å². The van der Waals surface area contributed by atoms with Gasteiger partial charge in [0.25, 0.3) is 0 Å². The van der Waals surface area contributed by atoms with Gasteiger partial charge >= 0.3 is 0 Å². The van der Waals surface area contributed by atoms with E-state index in [1.807, 2.05) is 0 Å². The minimum atomic E-state index is 0.612. The lowest BCUT2D eigenvalue weighted by molar-refractivity contribution is 0.358. The number of benzene rings is 1. The van der Waals surface area contributed by atoms with Crippen molar-refractivity contribution in [1.29, 1.82) is 0 Å². The van der Waals surface area contributed by atoms with Crippen molar-refractivity contribution in [3.05, 3.63) is 40.1 Å². The lowest BCUT2D eigenvalue weighted by Crippen LogP contribution is -1.91. The highest BCUT2D eigenvalue weighted by Crippen LogP contribution is 2.38. The standard InChI is InChI=1S/C13H13NOS/c14-7-11-6-10(8-16-11)12-3-1-2-9-4-5-15-13(9)12/h1-3,6,8H,4-5,7,14H2. The molecule has 3 heteroatoms. The summed E-state index contributed by atoms with van der Waals surface area (Å²) in [5.41, 5.74) is 9.38. The topological polar surface area (TPSA) is 35.2 Å². The Morgan fingerprint density at radius 3 is 3.12 bits per heavy atom. The maximum Gasteiger partial charge on any atom is 0.130 e. The Morgan fingerprint density at radius 2 is 2.31 bits per heavy atom. The fraction of sp³-hybridized carbons (Fsp3) is 0.231. The maximum absolute atomic E-state index is 5.70. The Hall–Kier alpha value is -1.32. The molecule has 3 rings (SSSR count). The van der Waals surface area contributed by atoms with E-state index in [-0.39, 0.29) is 0 Å². The molecule has 0 fully saturated rings. The molecule has 82 valence electrons. The Bertz CT molecular complexity index is 518. The molecule has 1 aromatic heterocycles. The van der Waals surface area contributed by atoms with Gasteiger partial charge < -0.3 is 10.5 Å². The van der Waals surface area contributed by atoms with Crippen LogP contribution in [0.1, 0.15) is 10.4 Å². The van der Waals surface area contributed by atoms with Crippen molar-refractivity contribution in [3.8, 4) is 16.9 Å². The molecule has 0 unspecified atom stereocenters. The molecular formula is C13H13NOS. The van der Waals surface area contributed by atoms with Crippen molar-refractivity contribution in [3.63, 3.8) is 0 Å². The van der Waals surface area contributed by atoms with Crippen LogP contribution in [0.4, 0.5) is 0 Å². The number of hydrogen-bond acceptors (Lipinski definition) is 3. The van der Waals surface area contributed by atoms with Crippen LogP contribution in [0, 0.1) is 0 Å². The summed E-state index contributed by atoms with van der Waals surface area (Å²) in [6.07, 6.45) is 1.02. The van der Waals surface area contributed by atoms with Crippen LogP contribution in [0.2, 0.25) is 0 Å². The zero-order valence-corrected chi connectivity index (χ0v) is 9.72. The molecule has 0 saturated carbocycles. The van der Waals surface area contributed by atoms with Gasteiger partial charge in [0, 0.05) is 23.4 Å². The van der Waals surface area contributed by atoms with E-state index >= 15 is 0 Å². The van der Waals surface area contributed by atoms with Crippen LogP contribution < -0.4 is 10.5 Å². The van der Waals surface area contributed by atoms with Crippen LogP contribution in [-0.4, -0.2) is 6.61 Å². The molecule has 1 aliphatic rings. The summed E-state index contributed by atoms with van der Waals surface area (Å²) in [5, 5.41) is 2.15. The third kappa shape index (κ3) is 1.52. The molecule has 1 aromatic carbocycles. The monoisotopic (exact) mass is 231 g/mol. The SMILES string of the molecule is NCc1cc(-c2cccc3c2OCC3)cs1. The largest absolute Gasteiger partial charge is 0.492 e. The zero-order valence-electron chi connectivity index (χ0n) is 8.90. The predicted molar refractivity (Wildman–Crippen MR) is 66.8 cm³/mol. The Kier molecular flexibility index (Phi) is 2.42. The molecule has 1 aliphatic heterocycles. The highest BCUT2D eigenvalue weighted by atomic mass is 32.1. The second kappa shape index (κ2) is 3.92. The first-order chi connectivity index (χ1) is 7.88. The number of fused-ring (bicyclic) bond motifs is 1. The number of hydrogen-bond donors (Lipinski definition) is 1. The smallest absolute Gasteiger partial charge is 0.130 e. The van der Waals surface area contributed by atoms with E-state index in [1.165, 1.54) is 21.6 Å². The molecule has 0 bridgehead atoms. The Balaban J connectivity index is 2.09. The van der Waals surface area contributed by atoms with Crippen molar-refractivity contribution in [2.24, 2.45) is 5.73 Å². The first-order valence-electron chi connectivity index (χ1n) is 5.41. The molecule has 0 radical (unpaired) electrons. The van der Waals surface area contributed by atoms with Crippen LogP contribution in [0.15, 0.2) is 29.6 Å². The van der Waals surface area contributed by atoms with Crippen molar-refractivity contribution in [2.45, 2.75) is 13.0 Å². The fourth-order valence-electron chi connectivity index (χ4n) is 2.07. The first-order valence-corrected chi connectivity index (χ1v) is 6.29. The fourth-order valence-corrected chi connectivity index (χ4v) is 2.84. The molecule has 0 aliphatic carbocycles. The molecule has 2 nitrogen and oxygen atoms in total. The summed E-state index contributed by atoms with van der Waals surface area (Å²) in [5.74, 6) is 1.06. The van der Waals surface area contributed by atoms with E-state index in [0.29, 0.717) is 6.54 Å². The molecule has 2 N–H and O–H groups in total. The molecular weight excluding hydrogens is 218 g/mol. The Labute approximate surface area is 98.7 Å². The molecule has 0 amide bonds. The lowest BCUT2D eigenvalue weighted by atomic mass is 10.0. The summed E-state index contributed by atoms with van der Waals surface area (Å²) in [6.45, 7) is 1.42. The van der Waals surface area contributed by atoms with Crippen molar-refractivity contribution in [2.75, 3.05) is 6.61 Å². The summed E-state index contributed by atoms with van der Waals surface area (Å²) < 4.78 is 5.70. The first kappa shape index (κ1) is 9.87. The van der Waals surface area contributed by atoms with Gasteiger partial charge in [-0.15, -0.1) is 11.3 Å². The van der Waals surface area contributed by atoms with Gasteiger partial charge in [0.2, 0.25) is 0 Å². The lowest BCUT2D eigenvalue weighted by Gasteiger charge is -2.05. The van der Waals surface area contributed by atoms with Gasteiger partial charge in [-0.3, -0.25) is 0 Å². The van der Waals surface area contributed by atoms with Gasteiger partial charge in [0.1, 0.15) is 5.75 Å². The number of ether oxygens (including phenoxy) is 1. The highest BCUT2D eigenvalue weighted by molar-refractivity contribution is 7.10. The van der Waals surface area contributed by atoms with E-state index in [2.05, 4.69) is 29.6 Å². The van der Waals surface area contributed by atoms with Crippen LogP contribution >= 0.6 is 11.3 Å². The molecule has 16 heavy (non-hydrogen) atoms. The molecule has 2 heterocycles. The molecule has 2 aromatic rings. The van der Waals surface area contributed by atoms with Crippen molar-refractivity contribution >= 4 is 11.3 Å². The van der Waals surface area contributed by atoms with Crippen LogP contribution in [0.25, 0.3) is 11.1 Å². The maximum atomic E-state index is 5.70. The van der Waals surface area contributed by atoms with E-state index in [0.717, 1.165) is 18.8 Å². The quantitative estimate of drug-likeness (QED) is 0.862. The number of rotatable bonds is 2. The Morgan fingerprint density at radius 1 is 1.38 bits per heavy atom. The molecule has 0 spiro atoms. The van der Waals surface area contributed by atoms with Crippen LogP contribution in [0.3, 0.4) is 0 Å². The third-order valence-electron chi connectivity index (χ3n) is 2.88. The summed E-state index contributed by atoms with van der Waals surface area (Å²) >= 11 is 1.71. The van der Waals surface area contributed by atoms with Crippen LogP contribution in [0.5, 0.6) is 5.75 Å². The van der Waals surface area contributed by atoms with E-state index in [9.17, 15) is 0 Å². The highest BCUT2D eigenvalue weighted by Gasteiger charge is 2.17. The van der Waals surface area contributed by atoms with E-state index in [4.69, 9.17) is 10.5 Å². The van der Waals surface area contributed by atoms with Gasteiger partial charge in [-0.2, -0.15) is 0 Å². The van der Waals surface area contributed by atoms with Crippen molar-refractivity contribution in [1.82, 2.24) is 0 Å². The van der Waals surface area contributed by atoms with Gasteiger partial charge in [-0.1, -0.05) is 18.2 Å². The summed E-state index contributed by atoms with van der Waals surface area (Å²) in [4.78, 5) is 1.21. The van der Waals surface area contributed by atoms with Gasteiger partial charge in [-0.05, 0) is 22.6 Å². The van der Waals surface area contributed by atoms with E-state index < -0.39 is 0 Å². The predicted octanol–water partition coefficient (Wildman–Crippen LogP) is 2.81.